The largest absolute Gasteiger partial charge is 0.375 e. The average Bonchev–Trinajstić information content (AvgIpc) is 2.42. The lowest BCUT2D eigenvalue weighted by atomic mass is 9.69. The monoisotopic (exact) mass is 277 g/mol. The fourth-order valence-corrected chi connectivity index (χ4v) is 3.82. The minimum atomic E-state index is -0.0934. The summed E-state index contributed by atoms with van der Waals surface area (Å²) in [7, 11) is 1.94. The van der Waals surface area contributed by atoms with E-state index in [-0.39, 0.29) is 17.5 Å². The van der Waals surface area contributed by atoms with Crippen molar-refractivity contribution in [3.05, 3.63) is 35.1 Å². The number of halogens is 1. The lowest BCUT2D eigenvalue weighted by Crippen LogP contribution is -2.47. The van der Waals surface area contributed by atoms with Crippen molar-refractivity contribution in [1.82, 2.24) is 5.32 Å². The molecule has 1 saturated carbocycles. The summed E-state index contributed by atoms with van der Waals surface area (Å²) in [5.41, 5.74) is 2.04. The van der Waals surface area contributed by atoms with Crippen LogP contribution in [0.25, 0.3) is 0 Å². The molecular weight excluding hydrogens is 253 g/mol. The summed E-state index contributed by atoms with van der Waals surface area (Å²) in [5, 5.41) is 3.35. The number of rotatable bonds is 3. The summed E-state index contributed by atoms with van der Waals surface area (Å²) in [6.07, 6.45) is 5.70. The van der Waals surface area contributed by atoms with E-state index in [4.69, 9.17) is 4.74 Å². The molecule has 2 atom stereocenters. The zero-order valence-electron chi connectivity index (χ0n) is 12.4. The van der Waals surface area contributed by atoms with Crippen LogP contribution in [0.15, 0.2) is 18.2 Å². The smallest absolute Gasteiger partial charge is 0.128 e. The summed E-state index contributed by atoms with van der Waals surface area (Å²) in [5.74, 6) is 0.370. The molecular formula is C17H24FNO. The molecule has 1 N–H and O–H groups in total. The van der Waals surface area contributed by atoms with Gasteiger partial charge in [-0.05, 0) is 58.1 Å². The Balaban J connectivity index is 1.83. The van der Waals surface area contributed by atoms with Crippen molar-refractivity contribution in [1.29, 1.82) is 0 Å². The molecule has 1 aliphatic carbocycles. The van der Waals surface area contributed by atoms with E-state index in [0.29, 0.717) is 5.92 Å². The highest BCUT2D eigenvalue weighted by Gasteiger charge is 2.44. The van der Waals surface area contributed by atoms with Gasteiger partial charge in [-0.3, -0.25) is 0 Å². The topological polar surface area (TPSA) is 21.3 Å². The zero-order chi connectivity index (χ0) is 14.2. The highest BCUT2D eigenvalue weighted by atomic mass is 19.1. The molecule has 1 aliphatic heterocycles. The maximum absolute atomic E-state index is 14.2. The number of hydrogen-bond acceptors (Lipinski definition) is 2. The second kappa shape index (κ2) is 5.45. The Labute approximate surface area is 120 Å². The van der Waals surface area contributed by atoms with Crippen molar-refractivity contribution < 1.29 is 9.13 Å². The second-order valence-electron chi connectivity index (χ2n) is 6.43. The van der Waals surface area contributed by atoms with E-state index in [0.717, 1.165) is 30.6 Å². The first kappa shape index (κ1) is 14.0. The van der Waals surface area contributed by atoms with Crippen LogP contribution >= 0.6 is 0 Å². The Hall–Kier alpha value is -0.930. The van der Waals surface area contributed by atoms with E-state index in [1.165, 1.54) is 19.3 Å². The second-order valence-corrected chi connectivity index (χ2v) is 6.43. The molecule has 3 rings (SSSR count). The first-order chi connectivity index (χ1) is 9.63. The highest BCUT2D eigenvalue weighted by Crippen LogP contribution is 2.47. The summed E-state index contributed by atoms with van der Waals surface area (Å²) >= 11 is 0. The molecule has 0 amide bonds. The number of aryl methyl sites for hydroxylation is 1. The van der Waals surface area contributed by atoms with Gasteiger partial charge in [0.2, 0.25) is 0 Å². The number of benzene rings is 1. The van der Waals surface area contributed by atoms with E-state index in [9.17, 15) is 4.39 Å². The molecule has 2 aliphatic rings. The molecule has 2 fully saturated rings. The molecule has 110 valence electrons. The van der Waals surface area contributed by atoms with Crippen LogP contribution < -0.4 is 5.32 Å². The minimum Gasteiger partial charge on any atom is -0.375 e. The molecule has 1 spiro atoms. The van der Waals surface area contributed by atoms with Crippen molar-refractivity contribution in [2.45, 2.75) is 50.7 Å². The van der Waals surface area contributed by atoms with Gasteiger partial charge in [-0.2, -0.15) is 0 Å². The van der Waals surface area contributed by atoms with Crippen molar-refractivity contribution in [3.63, 3.8) is 0 Å². The molecule has 0 radical (unpaired) electrons. The van der Waals surface area contributed by atoms with Crippen LogP contribution in [-0.2, 0) is 4.74 Å². The predicted octanol–water partition coefficient (Wildman–Crippen LogP) is 3.74. The fraction of sp³-hybridized carbons (Fsp3) is 0.647. The van der Waals surface area contributed by atoms with E-state index >= 15 is 0 Å². The van der Waals surface area contributed by atoms with Gasteiger partial charge in [0.15, 0.2) is 0 Å². The van der Waals surface area contributed by atoms with E-state index in [1.807, 2.05) is 26.1 Å². The maximum Gasteiger partial charge on any atom is 0.128 e. The number of nitrogens with one attached hydrogen (secondary N) is 1. The van der Waals surface area contributed by atoms with E-state index in [2.05, 4.69) is 5.32 Å². The Morgan fingerprint density at radius 3 is 2.85 bits per heavy atom. The Bertz CT molecular complexity index is 484. The average molecular weight is 277 g/mol. The van der Waals surface area contributed by atoms with Gasteiger partial charge in [-0.15, -0.1) is 0 Å². The molecule has 1 heterocycles. The van der Waals surface area contributed by atoms with Crippen LogP contribution in [0.5, 0.6) is 0 Å². The number of hydrogen-bond donors (Lipinski definition) is 1. The van der Waals surface area contributed by atoms with Gasteiger partial charge >= 0.3 is 0 Å². The molecule has 3 heteroatoms. The first-order valence-corrected chi connectivity index (χ1v) is 7.71. The quantitative estimate of drug-likeness (QED) is 0.908. The summed E-state index contributed by atoms with van der Waals surface area (Å²) < 4.78 is 20.2. The van der Waals surface area contributed by atoms with Crippen LogP contribution in [0.2, 0.25) is 0 Å². The van der Waals surface area contributed by atoms with Crippen molar-refractivity contribution in [2.75, 3.05) is 13.7 Å². The Kier molecular flexibility index (Phi) is 3.83. The minimum absolute atomic E-state index is 0.0934. The standard InChI is InChI=1S/C17H24FNO/c1-12-4-5-15(18)14(10-12)16(19-2)13-6-9-20-17(11-13)7-3-8-17/h4-5,10,13,16,19H,3,6-9,11H2,1-2H3. The van der Waals surface area contributed by atoms with Crippen molar-refractivity contribution >= 4 is 0 Å². The SMILES string of the molecule is CNC(c1cc(C)ccc1F)C1CCOC2(CCC2)C1. The summed E-state index contributed by atoms with van der Waals surface area (Å²) in [6.45, 7) is 2.84. The molecule has 1 aromatic rings. The molecule has 1 saturated heterocycles. The summed E-state index contributed by atoms with van der Waals surface area (Å²) in [6, 6.07) is 5.51. The van der Waals surface area contributed by atoms with Gasteiger partial charge in [0, 0.05) is 18.2 Å². The third-order valence-electron chi connectivity index (χ3n) is 5.06. The van der Waals surface area contributed by atoms with Crippen molar-refractivity contribution in [3.8, 4) is 0 Å². The van der Waals surface area contributed by atoms with E-state index < -0.39 is 0 Å². The zero-order valence-corrected chi connectivity index (χ0v) is 12.4. The maximum atomic E-state index is 14.2. The van der Waals surface area contributed by atoms with E-state index in [1.54, 1.807) is 6.07 Å². The van der Waals surface area contributed by atoms with Gasteiger partial charge < -0.3 is 10.1 Å². The third-order valence-corrected chi connectivity index (χ3v) is 5.06. The highest BCUT2D eigenvalue weighted by molar-refractivity contribution is 5.27. The molecule has 0 bridgehead atoms. The van der Waals surface area contributed by atoms with Gasteiger partial charge in [0.25, 0.3) is 0 Å². The van der Waals surface area contributed by atoms with Crippen LogP contribution in [0, 0.1) is 18.7 Å². The Morgan fingerprint density at radius 2 is 2.20 bits per heavy atom. The molecule has 2 unspecified atom stereocenters. The molecule has 1 aromatic carbocycles. The molecule has 2 nitrogen and oxygen atoms in total. The van der Waals surface area contributed by atoms with Crippen molar-refractivity contribution in [2.24, 2.45) is 5.92 Å². The Morgan fingerprint density at radius 1 is 1.40 bits per heavy atom. The van der Waals surface area contributed by atoms with Gasteiger partial charge in [0.05, 0.1) is 5.60 Å². The normalized spacial score (nSPS) is 26.2. The first-order valence-electron chi connectivity index (χ1n) is 7.71. The molecule has 20 heavy (non-hydrogen) atoms. The third kappa shape index (κ3) is 2.49. The van der Waals surface area contributed by atoms with Crippen LogP contribution in [-0.4, -0.2) is 19.3 Å². The number of ether oxygens (including phenoxy) is 1. The van der Waals surface area contributed by atoms with Crippen LogP contribution in [0.4, 0.5) is 4.39 Å². The van der Waals surface area contributed by atoms with Gasteiger partial charge in [-0.1, -0.05) is 17.7 Å². The molecule has 0 aromatic heterocycles. The van der Waals surface area contributed by atoms with Crippen LogP contribution in [0.3, 0.4) is 0 Å². The fourth-order valence-electron chi connectivity index (χ4n) is 3.82. The van der Waals surface area contributed by atoms with Gasteiger partial charge in [0.1, 0.15) is 5.82 Å². The lowest BCUT2D eigenvalue weighted by Gasteiger charge is -2.48. The van der Waals surface area contributed by atoms with Crippen LogP contribution in [0.1, 0.15) is 49.3 Å². The predicted molar refractivity (Wildman–Crippen MR) is 78.2 cm³/mol. The lowest BCUT2D eigenvalue weighted by molar-refractivity contribution is -0.147. The summed E-state index contributed by atoms with van der Waals surface area (Å²) in [4.78, 5) is 0. The van der Waals surface area contributed by atoms with Gasteiger partial charge in [-0.25, -0.2) is 4.39 Å².